The van der Waals surface area contributed by atoms with E-state index in [2.05, 4.69) is 30.9 Å². The van der Waals surface area contributed by atoms with Crippen molar-refractivity contribution in [2.75, 3.05) is 32.6 Å². The fourth-order valence-corrected chi connectivity index (χ4v) is 5.59. The van der Waals surface area contributed by atoms with Crippen molar-refractivity contribution in [1.82, 2.24) is 40.3 Å². The molecule has 0 radical (unpaired) electrons. The van der Waals surface area contributed by atoms with Crippen LogP contribution < -0.4 is 15.8 Å². The predicted molar refractivity (Wildman–Crippen MR) is 147 cm³/mol. The first kappa shape index (κ1) is 27.2. The maximum absolute atomic E-state index is 15.4. The average molecular weight is 566 g/mol. The van der Waals surface area contributed by atoms with Crippen LogP contribution in [0, 0.1) is 17.6 Å². The van der Waals surface area contributed by atoms with Gasteiger partial charge in [0, 0.05) is 42.8 Å². The summed E-state index contributed by atoms with van der Waals surface area (Å²) in [6.45, 7) is 1.75. The van der Waals surface area contributed by atoms with Crippen LogP contribution in [0.3, 0.4) is 0 Å². The Bertz CT molecular complexity index is 1490. The minimum absolute atomic E-state index is 0.127. The van der Waals surface area contributed by atoms with E-state index in [1.54, 1.807) is 18.5 Å². The van der Waals surface area contributed by atoms with Crippen LogP contribution in [-0.4, -0.2) is 67.9 Å². The van der Waals surface area contributed by atoms with E-state index in [1.807, 2.05) is 17.9 Å². The van der Waals surface area contributed by atoms with Crippen molar-refractivity contribution in [3.63, 3.8) is 0 Å². The molecular weight excluding hydrogens is 532 g/mol. The molecule has 4 heterocycles. The summed E-state index contributed by atoms with van der Waals surface area (Å²) in [6, 6.07) is 5.34. The highest BCUT2D eigenvalue weighted by Gasteiger charge is 2.25. The number of hydrogen-bond donors (Lipinski definition) is 2. The van der Waals surface area contributed by atoms with E-state index >= 15 is 8.78 Å². The van der Waals surface area contributed by atoms with Crippen LogP contribution in [0.4, 0.5) is 14.6 Å². The van der Waals surface area contributed by atoms with Gasteiger partial charge in [0.2, 0.25) is 5.82 Å². The van der Waals surface area contributed by atoms with E-state index in [1.165, 1.54) is 12.1 Å². The Balaban J connectivity index is 1.23. The van der Waals surface area contributed by atoms with Crippen molar-refractivity contribution in [2.24, 2.45) is 5.92 Å². The summed E-state index contributed by atoms with van der Waals surface area (Å²) in [5, 5.41) is 19.5. The van der Waals surface area contributed by atoms with Crippen molar-refractivity contribution in [3.8, 4) is 34.0 Å². The molecule has 0 bridgehead atoms. The largest absolute Gasteiger partial charge is 0.490 e. The number of aromatic nitrogens is 7. The van der Waals surface area contributed by atoms with Crippen molar-refractivity contribution in [2.45, 2.75) is 50.6 Å². The Morgan fingerprint density at radius 3 is 2.63 bits per heavy atom. The molecule has 1 saturated heterocycles. The number of nitrogens with two attached hydrogens (primary N) is 1. The maximum atomic E-state index is 15.4. The van der Waals surface area contributed by atoms with Crippen LogP contribution in [0.25, 0.3) is 28.2 Å². The van der Waals surface area contributed by atoms with Gasteiger partial charge < -0.3 is 20.5 Å². The van der Waals surface area contributed by atoms with Gasteiger partial charge in [-0.25, -0.2) is 9.37 Å². The summed E-state index contributed by atoms with van der Waals surface area (Å²) in [7, 11) is 1.96. The van der Waals surface area contributed by atoms with Crippen LogP contribution in [-0.2, 0) is 4.74 Å². The number of nitrogens with one attached hydrogen (secondary N) is 1. The number of nitrogen functional groups attached to an aromatic ring is 1. The summed E-state index contributed by atoms with van der Waals surface area (Å²) in [6.07, 6.45) is 11.2. The number of nitrogens with zero attached hydrogens (tertiary/aromatic N) is 7. The SMILES string of the molecule is CNC1CCC(COc2ccc(-n3nnnc3-c3cc(-c4cnn(C5CCOCC5)c4)cnc3N)c(F)c2F)CC1. The molecule has 1 aliphatic carbocycles. The molecule has 0 unspecified atom stereocenters. The lowest BCUT2D eigenvalue weighted by atomic mass is 9.87. The molecule has 3 N–H and O–H groups in total. The number of ether oxygens (including phenoxy) is 2. The first-order chi connectivity index (χ1) is 20.0. The topological polar surface area (TPSA) is 131 Å². The molecule has 3 aromatic heterocycles. The van der Waals surface area contributed by atoms with Gasteiger partial charge in [-0.1, -0.05) is 0 Å². The molecule has 13 heteroatoms. The number of hydrogen-bond acceptors (Lipinski definition) is 9. The van der Waals surface area contributed by atoms with Gasteiger partial charge in [-0.2, -0.15) is 14.2 Å². The highest BCUT2D eigenvalue weighted by atomic mass is 19.2. The van der Waals surface area contributed by atoms with Crippen molar-refractivity contribution < 1.29 is 18.3 Å². The molecule has 4 aromatic rings. The quantitative estimate of drug-likeness (QED) is 0.326. The number of benzene rings is 1. The molecule has 0 atom stereocenters. The number of halogens is 2. The lowest BCUT2D eigenvalue weighted by molar-refractivity contribution is 0.0662. The van der Waals surface area contributed by atoms with Gasteiger partial charge in [-0.15, -0.1) is 5.10 Å². The van der Waals surface area contributed by atoms with Gasteiger partial charge in [-0.3, -0.25) is 4.68 Å². The van der Waals surface area contributed by atoms with Crippen LogP contribution in [0.5, 0.6) is 5.75 Å². The Labute approximate surface area is 236 Å². The molecule has 0 amide bonds. The minimum Gasteiger partial charge on any atom is -0.490 e. The average Bonchev–Trinajstić information content (AvgIpc) is 3.70. The Hall–Kier alpha value is -3.97. The fourth-order valence-electron chi connectivity index (χ4n) is 5.59. The monoisotopic (exact) mass is 565 g/mol. The highest BCUT2D eigenvalue weighted by molar-refractivity contribution is 5.76. The molecule has 1 saturated carbocycles. The molecular formula is C28H33F2N9O2. The second-order valence-corrected chi connectivity index (χ2v) is 10.7. The molecule has 0 spiro atoms. The van der Waals surface area contributed by atoms with Gasteiger partial charge in [0.25, 0.3) is 0 Å². The van der Waals surface area contributed by atoms with E-state index in [-0.39, 0.29) is 29.1 Å². The number of anilines is 1. The molecule has 2 aliphatic rings. The second-order valence-electron chi connectivity index (χ2n) is 10.7. The van der Waals surface area contributed by atoms with Gasteiger partial charge in [0.1, 0.15) is 11.5 Å². The zero-order valence-electron chi connectivity index (χ0n) is 22.8. The summed E-state index contributed by atoms with van der Waals surface area (Å²) in [5.41, 5.74) is 7.99. The predicted octanol–water partition coefficient (Wildman–Crippen LogP) is 3.96. The molecule has 1 aliphatic heterocycles. The Morgan fingerprint density at radius 2 is 1.85 bits per heavy atom. The van der Waals surface area contributed by atoms with Gasteiger partial charge in [0.05, 0.1) is 24.4 Å². The summed E-state index contributed by atoms with van der Waals surface area (Å²) >= 11 is 0. The molecule has 216 valence electrons. The third kappa shape index (κ3) is 5.64. The summed E-state index contributed by atoms with van der Waals surface area (Å²) < 4.78 is 44.7. The number of pyridine rings is 1. The molecule has 41 heavy (non-hydrogen) atoms. The summed E-state index contributed by atoms with van der Waals surface area (Å²) in [4.78, 5) is 4.32. The highest BCUT2D eigenvalue weighted by Crippen LogP contribution is 2.33. The smallest absolute Gasteiger partial charge is 0.202 e. The lowest BCUT2D eigenvalue weighted by Gasteiger charge is -2.28. The van der Waals surface area contributed by atoms with Crippen molar-refractivity contribution in [1.29, 1.82) is 0 Å². The first-order valence-electron chi connectivity index (χ1n) is 14.0. The normalized spacial score (nSPS) is 19.9. The fraction of sp³-hybridized carbons (Fsp3) is 0.464. The second kappa shape index (κ2) is 11.9. The van der Waals surface area contributed by atoms with Gasteiger partial charge in [-0.05, 0) is 80.1 Å². The Morgan fingerprint density at radius 1 is 1.05 bits per heavy atom. The van der Waals surface area contributed by atoms with Crippen molar-refractivity contribution >= 4 is 5.82 Å². The van der Waals surface area contributed by atoms with E-state index in [4.69, 9.17) is 15.2 Å². The van der Waals surface area contributed by atoms with Crippen LogP contribution in [0.2, 0.25) is 0 Å². The van der Waals surface area contributed by atoms with Gasteiger partial charge >= 0.3 is 0 Å². The lowest BCUT2D eigenvalue weighted by Crippen LogP contribution is -2.31. The standard InChI is InChI=1S/C28H33F2N9O2/c1-32-20-4-2-17(3-5-20)16-41-24-7-6-23(25(29)26(24)30)39-28(35-36-37-39)22-12-18(13-33-27(22)31)19-14-34-38(15-19)21-8-10-40-11-9-21/h6-7,12-15,17,20-21,32H,2-5,8-11,16H2,1H3,(H2,31,33). The minimum atomic E-state index is -1.12. The Kier molecular flexibility index (Phi) is 7.88. The zero-order valence-corrected chi connectivity index (χ0v) is 22.8. The first-order valence-corrected chi connectivity index (χ1v) is 14.0. The summed E-state index contributed by atoms with van der Waals surface area (Å²) in [5.74, 6) is -1.76. The molecule has 1 aromatic carbocycles. The third-order valence-corrected chi connectivity index (χ3v) is 8.11. The molecule has 6 rings (SSSR count). The molecule has 2 fully saturated rings. The maximum Gasteiger partial charge on any atom is 0.202 e. The van der Waals surface area contributed by atoms with Crippen LogP contribution in [0.1, 0.15) is 44.6 Å². The molecule has 11 nitrogen and oxygen atoms in total. The number of rotatable bonds is 8. The van der Waals surface area contributed by atoms with Gasteiger partial charge in [0.15, 0.2) is 17.4 Å². The third-order valence-electron chi connectivity index (χ3n) is 8.11. The van der Waals surface area contributed by atoms with Crippen molar-refractivity contribution in [3.05, 3.63) is 48.4 Å². The zero-order chi connectivity index (χ0) is 28.3. The van der Waals surface area contributed by atoms with Crippen LogP contribution in [0.15, 0.2) is 36.8 Å². The van der Waals surface area contributed by atoms with E-state index in [0.717, 1.165) is 54.3 Å². The van der Waals surface area contributed by atoms with E-state index in [0.29, 0.717) is 37.3 Å². The van der Waals surface area contributed by atoms with E-state index < -0.39 is 11.6 Å². The number of tetrazole rings is 1. The van der Waals surface area contributed by atoms with Crippen LogP contribution >= 0.6 is 0 Å². The van der Waals surface area contributed by atoms with E-state index in [9.17, 15) is 0 Å².